The molecule has 0 bridgehead atoms. The van der Waals surface area contributed by atoms with Gasteiger partial charge in [0.2, 0.25) is 0 Å². The standard InChI is InChI=1S/C16H16N2O/c1-11(2)12-7-9-13(10-8-12)18-15-6-4-3-5-14(15)17-16(18)19/h3-11H,1-2H3,(H,17,19). The third-order valence-corrected chi connectivity index (χ3v) is 3.41. The molecule has 2 aromatic carbocycles. The zero-order valence-corrected chi connectivity index (χ0v) is 11.1. The number of aromatic amines is 1. The summed E-state index contributed by atoms with van der Waals surface area (Å²) in [5.41, 5.74) is 3.84. The van der Waals surface area contributed by atoms with Gasteiger partial charge >= 0.3 is 5.69 Å². The maximum Gasteiger partial charge on any atom is 0.331 e. The molecule has 96 valence electrons. The van der Waals surface area contributed by atoms with Crippen LogP contribution in [0.15, 0.2) is 53.3 Å². The van der Waals surface area contributed by atoms with E-state index in [0.717, 1.165) is 16.7 Å². The van der Waals surface area contributed by atoms with Crippen molar-refractivity contribution >= 4 is 11.0 Å². The highest BCUT2D eigenvalue weighted by Crippen LogP contribution is 2.19. The topological polar surface area (TPSA) is 37.8 Å². The van der Waals surface area contributed by atoms with Gasteiger partial charge in [0.25, 0.3) is 0 Å². The van der Waals surface area contributed by atoms with Gasteiger partial charge in [-0.15, -0.1) is 0 Å². The molecule has 0 atom stereocenters. The fourth-order valence-electron chi connectivity index (χ4n) is 2.32. The number of nitrogens with one attached hydrogen (secondary N) is 1. The Hall–Kier alpha value is -2.29. The normalized spacial score (nSPS) is 11.3. The zero-order valence-electron chi connectivity index (χ0n) is 11.1. The lowest BCUT2D eigenvalue weighted by Crippen LogP contribution is -2.14. The quantitative estimate of drug-likeness (QED) is 0.745. The second kappa shape index (κ2) is 4.43. The van der Waals surface area contributed by atoms with E-state index in [1.54, 1.807) is 4.57 Å². The first-order valence-corrected chi connectivity index (χ1v) is 6.47. The molecule has 0 aliphatic heterocycles. The zero-order chi connectivity index (χ0) is 13.4. The predicted molar refractivity (Wildman–Crippen MR) is 78.0 cm³/mol. The van der Waals surface area contributed by atoms with Crippen molar-refractivity contribution in [3.63, 3.8) is 0 Å². The van der Waals surface area contributed by atoms with Gasteiger partial charge in [0, 0.05) is 0 Å². The number of fused-ring (bicyclic) bond motifs is 1. The minimum Gasteiger partial charge on any atom is -0.305 e. The van der Waals surface area contributed by atoms with Crippen LogP contribution in [0.2, 0.25) is 0 Å². The largest absolute Gasteiger partial charge is 0.331 e. The van der Waals surface area contributed by atoms with Gasteiger partial charge in [-0.3, -0.25) is 4.57 Å². The summed E-state index contributed by atoms with van der Waals surface area (Å²) in [5.74, 6) is 0.494. The molecule has 1 N–H and O–H groups in total. The van der Waals surface area contributed by atoms with E-state index in [9.17, 15) is 4.79 Å². The third-order valence-electron chi connectivity index (χ3n) is 3.41. The van der Waals surface area contributed by atoms with E-state index in [-0.39, 0.29) is 5.69 Å². The Balaban J connectivity index is 2.19. The van der Waals surface area contributed by atoms with Crippen LogP contribution in [-0.2, 0) is 0 Å². The van der Waals surface area contributed by atoms with Crippen LogP contribution < -0.4 is 5.69 Å². The Morgan fingerprint density at radius 1 is 1.00 bits per heavy atom. The van der Waals surface area contributed by atoms with Gasteiger partial charge < -0.3 is 4.98 Å². The number of hydrogen-bond donors (Lipinski definition) is 1. The van der Waals surface area contributed by atoms with Crippen LogP contribution in [0.4, 0.5) is 0 Å². The number of benzene rings is 2. The second-order valence-electron chi connectivity index (χ2n) is 5.03. The Kier molecular flexibility index (Phi) is 2.75. The highest BCUT2D eigenvalue weighted by Gasteiger charge is 2.08. The van der Waals surface area contributed by atoms with Gasteiger partial charge in [0.1, 0.15) is 0 Å². The molecule has 0 radical (unpaired) electrons. The minimum absolute atomic E-state index is 0.0986. The van der Waals surface area contributed by atoms with Crippen LogP contribution in [0.5, 0.6) is 0 Å². The molecule has 3 aromatic rings. The molecular weight excluding hydrogens is 236 g/mol. The molecule has 3 nitrogen and oxygen atoms in total. The Bertz CT molecular complexity index is 763. The van der Waals surface area contributed by atoms with E-state index < -0.39 is 0 Å². The van der Waals surface area contributed by atoms with Crippen molar-refractivity contribution in [2.24, 2.45) is 0 Å². The van der Waals surface area contributed by atoms with E-state index >= 15 is 0 Å². The monoisotopic (exact) mass is 252 g/mol. The van der Waals surface area contributed by atoms with Crippen molar-refractivity contribution in [2.75, 3.05) is 0 Å². The van der Waals surface area contributed by atoms with Crippen molar-refractivity contribution in [3.05, 3.63) is 64.6 Å². The van der Waals surface area contributed by atoms with E-state index in [4.69, 9.17) is 0 Å². The summed E-state index contributed by atoms with van der Waals surface area (Å²) in [6, 6.07) is 15.9. The summed E-state index contributed by atoms with van der Waals surface area (Å²) in [6.45, 7) is 4.32. The van der Waals surface area contributed by atoms with Gasteiger partial charge in [-0.05, 0) is 35.7 Å². The molecule has 19 heavy (non-hydrogen) atoms. The maximum atomic E-state index is 12.1. The molecule has 0 spiro atoms. The highest BCUT2D eigenvalue weighted by atomic mass is 16.1. The lowest BCUT2D eigenvalue weighted by molar-refractivity contribution is 0.865. The molecule has 0 aliphatic carbocycles. The van der Waals surface area contributed by atoms with Crippen LogP contribution in [0, 0.1) is 0 Å². The summed E-state index contributed by atoms with van der Waals surface area (Å²) in [6.07, 6.45) is 0. The summed E-state index contributed by atoms with van der Waals surface area (Å²) >= 11 is 0. The van der Waals surface area contributed by atoms with Crippen LogP contribution in [-0.4, -0.2) is 9.55 Å². The molecule has 3 heteroatoms. The van der Waals surface area contributed by atoms with Gasteiger partial charge in [-0.25, -0.2) is 4.79 Å². The Morgan fingerprint density at radius 3 is 2.37 bits per heavy atom. The SMILES string of the molecule is CC(C)c1ccc(-n2c(=O)[nH]c3ccccc32)cc1. The van der Waals surface area contributed by atoms with Crippen LogP contribution in [0.25, 0.3) is 16.7 Å². The third kappa shape index (κ3) is 1.97. The smallest absolute Gasteiger partial charge is 0.305 e. The molecule has 0 saturated heterocycles. The molecular formula is C16H16N2O. The van der Waals surface area contributed by atoms with Crippen LogP contribution in [0.3, 0.4) is 0 Å². The van der Waals surface area contributed by atoms with Crippen molar-refractivity contribution in [3.8, 4) is 5.69 Å². The van der Waals surface area contributed by atoms with Crippen molar-refractivity contribution in [1.82, 2.24) is 9.55 Å². The fraction of sp³-hybridized carbons (Fsp3) is 0.188. The summed E-state index contributed by atoms with van der Waals surface area (Å²) < 4.78 is 1.71. The molecule has 1 aromatic heterocycles. The van der Waals surface area contributed by atoms with E-state index in [1.807, 2.05) is 36.4 Å². The van der Waals surface area contributed by atoms with E-state index in [0.29, 0.717) is 5.92 Å². The number of imidazole rings is 1. The highest BCUT2D eigenvalue weighted by molar-refractivity contribution is 5.77. The van der Waals surface area contributed by atoms with Gasteiger partial charge in [-0.2, -0.15) is 0 Å². The number of hydrogen-bond acceptors (Lipinski definition) is 1. The first-order valence-electron chi connectivity index (χ1n) is 6.47. The fourth-order valence-corrected chi connectivity index (χ4v) is 2.32. The number of rotatable bonds is 2. The average molecular weight is 252 g/mol. The van der Waals surface area contributed by atoms with Crippen molar-refractivity contribution < 1.29 is 0 Å². The molecule has 0 fully saturated rings. The minimum atomic E-state index is -0.0986. The molecule has 0 unspecified atom stereocenters. The number of aromatic nitrogens is 2. The van der Waals surface area contributed by atoms with Crippen LogP contribution in [0.1, 0.15) is 25.3 Å². The summed E-state index contributed by atoms with van der Waals surface area (Å²) in [4.78, 5) is 14.9. The molecule has 0 saturated carbocycles. The Labute approximate surface area is 111 Å². The van der Waals surface area contributed by atoms with E-state index in [1.165, 1.54) is 5.56 Å². The lowest BCUT2D eigenvalue weighted by Gasteiger charge is -2.07. The van der Waals surface area contributed by atoms with Gasteiger partial charge in [0.15, 0.2) is 0 Å². The molecule has 3 rings (SSSR count). The first-order chi connectivity index (χ1) is 9.16. The summed E-state index contributed by atoms with van der Waals surface area (Å²) in [7, 11) is 0. The molecule has 1 heterocycles. The van der Waals surface area contributed by atoms with E-state index in [2.05, 4.69) is 31.0 Å². The lowest BCUT2D eigenvalue weighted by atomic mass is 10.0. The number of H-pyrrole nitrogens is 1. The molecule has 0 amide bonds. The van der Waals surface area contributed by atoms with Gasteiger partial charge in [-0.1, -0.05) is 38.1 Å². The number of para-hydroxylation sites is 2. The summed E-state index contributed by atoms with van der Waals surface area (Å²) in [5, 5.41) is 0. The van der Waals surface area contributed by atoms with Crippen LogP contribution >= 0.6 is 0 Å². The first kappa shape index (κ1) is 11.8. The molecule has 0 aliphatic rings. The maximum absolute atomic E-state index is 12.1. The van der Waals surface area contributed by atoms with Crippen molar-refractivity contribution in [2.45, 2.75) is 19.8 Å². The predicted octanol–water partition coefficient (Wildman–Crippen LogP) is 3.44. The Morgan fingerprint density at radius 2 is 1.68 bits per heavy atom. The number of nitrogens with zero attached hydrogens (tertiary/aromatic N) is 1. The van der Waals surface area contributed by atoms with Gasteiger partial charge in [0.05, 0.1) is 16.7 Å². The van der Waals surface area contributed by atoms with Crippen molar-refractivity contribution in [1.29, 1.82) is 0 Å². The second-order valence-corrected chi connectivity index (χ2v) is 5.03. The average Bonchev–Trinajstić information content (AvgIpc) is 2.74.